The van der Waals surface area contributed by atoms with Crippen LogP contribution in [0.2, 0.25) is 5.02 Å². The van der Waals surface area contributed by atoms with E-state index in [2.05, 4.69) is 0 Å². The van der Waals surface area contributed by atoms with Gasteiger partial charge in [-0.2, -0.15) is 5.10 Å². The summed E-state index contributed by atoms with van der Waals surface area (Å²) in [4.78, 5) is 0. The lowest BCUT2D eigenvalue weighted by atomic mass is 10.1. The van der Waals surface area contributed by atoms with Gasteiger partial charge in [-0.3, -0.25) is 0 Å². The molecule has 0 aliphatic carbocycles. The molecule has 23 heavy (non-hydrogen) atoms. The van der Waals surface area contributed by atoms with E-state index in [4.69, 9.17) is 21.4 Å². The predicted molar refractivity (Wildman–Crippen MR) is 94.5 cm³/mol. The van der Waals surface area contributed by atoms with E-state index >= 15 is 0 Å². The number of aryl methyl sites for hydroxylation is 1. The Morgan fingerprint density at radius 2 is 1.65 bits per heavy atom. The van der Waals surface area contributed by atoms with E-state index in [1.807, 2.05) is 80.1 Å². The Bertz CT molecular complexity index is 792. The van der Waals surface area contributed by atoms with Crippen molar-refractivity contribution in [3.05, 3.63) is 65.3 Å². The zero-order valence-electron chi connectivity index (χ0n) is 13.5. The largest absolute Gasteiger partial charge is 0.474 e. The maximum atomic E-state index is 6.10. The highest BCUT2D eigenvalue weighted by Crippen LogP contribution is 2.36. The molecule has 3 rings (SSSR count). The summed E-state index contributed by atoms with van der Waals surface area (Å²) >= 11 is 6.01. The van der Waals surface area contributed by atoms with Crippen molar-refractivity contribution in [1.29, 1.82) is 0 Å². The van der Waals surface area contributed by atoms with Crippen LogP contribution in [0.3, 0.4) is 0 Å². The van der Waals surface area contributed by atoms with Crippen molar-refractivity contribution in [1.82, 2.24) is 9.78 Å². The van der Waals surface area contributed by atoms with Gasteiger partial charge in [-0.05, 0) is 50.6 Å². The van der Waals surface area contributed by atoms with Crippen LogP contribution in [0.1, 0.15) is 19.5 Å². The molecule has 0 saturated heterocycles. The van der Waals surface area contributed by atoms with Crippen LogP contribution in [0.15, 0.2) is 54.6 Å². The van der Waals surface area contributed by atoms with E-state index in [0.717, 1.165) is 28.4 Å². The quantitative estimate of drug-likeness (QED) is 0.651. The molecule has 0 saturated carbocycles. The molecule has 0 atom stereocenters. The summed E-state index contributed by atoms with van der Waals surface area (Å²) in [5, 5.41) is 5.41. The Morgan fingerprint density at radius 1 is 1.00 bits per heavy atom. The fraction of sp³-hybridized carbons (Fsp3) is 0.211. The third-order valence-corrected chi connectivity index (χ3v) is 3.75. The van der Waals surface area contributed by atoms with Gasteiger partial charge in [0.25, 0.3) is 0 Å². The summed E-state index contributed by atoms with van der Waals surface area (Å²) in [7, 11) is 0. The molecule has 0 spiro atoms. The average Bonchev–Trinajstić information content (AvgIpc) is 2.85. The zero-order chi connectivity index (χ0) is 16.4. The van der Waals surface area contributed by atoms with Crippen LogP contribution >= 0.6 is 11.6 Å². The van der Waals surface area contributed by atoms with Gasteiger partial charge in [0.2, 0.25) is 5.88 Å². The van der Waals surface area contributed by atoms with Gasteiger partial charge < -0.3 is 4.74 Å². The maximum absolute atomic E-state index is 6.10. The van der Waals surface area contributed by atoms with Crippen molar-refractivity contribution in [2.24, 2.45) is 0 Å². The van der Waals surface area contributed by atoms with Gasteiger partial charge >= 0.3 is 0 Å². The molecule has 0 amide bonds. The molecule has 1 aromatic heterocycles. The van der Waals surface area contributed by atoms with Gasteiger partial charge in [0.15, 0.2) is 0 Å². The number of hydrogen-bond acceptors (Lipinski definition) is 2. The molecule has 1 heterocycles. The van der Waals surface area contributed by atoms with E-state index < -0.39 is 0 Å². The van der Waals surface area contributed by atoms with Gasteiger partial charge in [-0.25, -0.2) is 4.68 Å². The Hall–Kier alpha value is -2.26. The molecule has 0 fully saturated rings. The van der Waals surface area contributed by atoms with E-state index in [9.17, 15) is 0 Å². The number of aromatic nitrogens is 2. The van der Waals surface area contributed by atoms with Crippen molar-refractivity contribution in [3.8, 4) is 22.7 Å². The van der Waals surface area contributed by atoms with Crippen molar-refractivity contribution >= 4 is 11.6 Å². The number of para-hydroxylation sites is 1. The van der Waals surface area contributed by atoms with Gasteiger partial charge in [0, 0.05) is 5.02 Å². The lowest BCUT2D eigenvalue weighted by Gasteiger charge is -2.14. The molecule has 3 nitrogen and oxygen atoms in total. The molecule has 0 radical (unpaired) electrons. The van der Waals surface area contributed by atoms with Gasteiger partial charge in [0.1, 0.15) is 0 Å². The third kappa shape index (κ3) is 3.25. The van der Waals surface area contributed by atoms with Crippen molar-refractivity contribution in [3.63, 3.8) is 0 Å². The summed E-state index contributed by atoms with van der Waals surface area (Å²) in [6, 6.07) is 17.8. The van der Waals surface area contributed by atoms with Crippen molar-refractivity contribution in [2.45, 2.75) is 26.9 Å². The van der Waals surface area contributed by atoms with Crippen LogP contribution in [-0.4, -0.2) is 15.9 Å². The topological polar surface area (TPSA) is 27.1 Å². The number of benzene rings is 2. The van der Waals surface area contributed by atoms with Gasteiger partial charge in [-0.15, -0.1) is 0 Å². The Labute approximate surface area is 141 Å². The highest BCUT2D eigenvalue weighted by molar-refractivity contribution is 6.30. The molecule has 118 valence electrons. The van der Waals surface area contributed by atoms with Crippen molar-refractivity contribution < 1.29 is 4.74 Å². The minimum absolute atomic E-state index is 0.0552. The first-order valence-electron chi connectivity index (χ1n) is 7.64. The Morgan fingerprint density at radius 3 is 2.26 bits per heavy atom. The number of halogens is 1. The average molecular weight is 327 g/mol. The highest BCUT2D eigenvalue weighted by Gasteiger charge is 2.20. The second-order valence-electron chi connectivity index (χ2n) is 5.69. The molecule has 4 heteroatoms. The van der Waals surface area contributed by atoms with Crippen LogP contribution in [-0.2, 0) is 0 Å². The fourth-order valence-electron chi connectivity index (χ4n) is 2.53. The zero-order valence-corrected chi connectivity index (χ0v) is 14.2. The smallest absolute Gasteiger partial charge is 0.225 e. The minimum atomic E-state index is 0.0552. The summed E-state index contributed by atoms with van der Waals surface area (Å²) in [5.74, 6) is 0.756. The number of rotatable bonds is 4. The van der Waals surface area contributed by atoms with Crippen LogP contribution in [0.5, 0.6) is 5.88 Å². The molecular formula is C19H19ClN2O. The van der Waals surface area contributed by atoms with Crippen molar-refractivity contribution in [2.75, 3.05) is 0 Å². The number of hydrogen-bond donors (Lipinski definition) is 0. The van der Waals surface area contributed by atoms with E-state index in [1.165, 1.54) is 0 Å². The van der Waals surface area contributed by atoms with E-state index in [0.29, 0.717) is 5.02 Å². The Kier molecular flexibility index (Phi) is 4.39. The van der Waals surface area contributed by atoms with Crippen LogP contribution in [0.25, 0.3) is 16.8 Å². The molecular weight excluding hydrogens is 308 g/mol. The monoisotopic (exact) mass is 326 g/mol. The summed E-state index contributed by atoms with van der Waals surface area (Å²) in [6.45, 7) is 6.03. The standard InChI is InChI=1S/C19H19ClN2O/c1-13(2)23-19-18(15-9-11-16(20)12-10-15)14(3)21-22(19)17-7-5-4-6-8-17/h4-13H,1-3H3. The predicted octanol–water partition coefficient (Wildman–Crippen LogP) is 5.29. The second-order valence-corrected chi connectivity index (χ2v) is 6.12. The summed E-state index contributed by atoms with van der Waals surface area (Å²) in [5.41, 5.74) is 3.95. The SMILES string of the molecule is Cc1nn(-c2ccccc2)c(OC(C)C)c1-c1ccc(Cl)cc1. The second kappa shape index (κ2) is 6.47. The van der Waals surface area contributed by atoms with Crippen LogP contribution < -0.4 is 4.74 Å². The first-order chi connectivity index (χ1) is 11.1. The molecule has 0 bridgehead atoms. The lowest BCUT2D eigenvalue weighted by molar-refractivity contribution is 0.227. The molecule has 0 unspecified atom stereocenters. The minimum Gasteiger partial charge on any atom is -0.474 e. The summed E-state index contributed by atoms with van der Waals surface area (Å²) < 4.78 is 7.96. The molecule has 3 aromatic rings. The number of ether oxygens (including phenoxy) is 1. The Balaban J connectivity index is 2.19. The molecule has 0 aliphatic heterocycles. The van der Waals surface area contributed by atoms with Gasteiger partial charge in [0.05, 0.1) is 23.0 Å². The summed E-state index contributed by atoms with van der Waals surface area (Å²) in [6.07, 6.45) is 0.0552. The molecule has 2 aromatic carbocycles. The highest BCUT2D eigenvalue weighted by atomic mass is 35.5. The third-order valence-electron chi connectivity index (χ3n) is 3.50. The van der Waals surface area contributed by atoms with Crippen LogP contribution in [0, 0.1) is 6.92 Å². The molecule has 0 aliphatic rings. The normalized spacial score (nSPS) is 11.0. The van der Waals surface area contributed by atoms with Gasteiger partial charge in [-0.1, -0.05) is 41.9 Å². The first kappa shape index (κ1) is 15.6. The first-order valence-corrected chi connectivity index (χ1v) is 8.01. The van der Waals surface area contributed by atoms with E-state index in [-0.39, 0.29) is 6.10 Å². The molecule has 0 N–H and O–H groups in total. The fourth-order valence-corrected chi connectivity index (χ4v) is 2.66. The maximum Gasteiger partial charge on any atom is 0.225 e. The lowest BCUT2D eigenvalue weighted by Crippen LogP contribution is -2.10. The number of nitrogens with zero attached hydrogens (tertiary/aromatic N) is 2. The van der Waals surface area contributed by atoms with E-state index in [1.54, 1.807) is 0 Å². The van der Waals surface area contributed by atoms with Crippen LogP contribution in [0.4, 0.5) is 0 Å².